The number of nitrogens with zero attached hydrogens (tertiary/aromatic N) is 1. The van der Waals surface area contributed by atoms with Crippen molar-refractivity contribution in [2.45, 2.75) is 0 Å². The fraction of sp³-hybridized carbons (Fsp3) is 0. The predicted molar refractivity (Wildman–Crippen MR) is 184 cm³/mol. The lowest BCUT2D eigenvalue weighted by Crippen LogP contribution is -2.10. The first-order valence-corrected chi connectivity index (χ1v) is 15.3. The zero-order chi connectivity index (χ0) is 28.3. The molecule has 9 rings (SSSR count). The van der Waals surface area contributed by atoms with Crippen molar-refractivity contribution in [3.05, 3.63) is 152 Å². The number of furan rings is 1. The summed E-state index contributed by atoms with van der Waals surface area (Å²) in [6, 6.07) is 54.3. The van der Waals surface area contributed by atoms with Gasteiger partial charge in [0.15, 0.2) is 0 Å². The molecule has 3 heteroatoms. The van der Waals surface area contributed by atoms with Crippen molar-refractivity contribution in [2.75, 3.05) is 4.90 Å². The van der Waals surface area contributed by atoms with Crippen molar-refractivity contribution in [1.29, 1.82) is 0 Å². The Morgan fingerprint density at radius 2 is 1.07 bits per heavy atom. The minimum Gasteiger partial charge on any atom is -0.456 e. The lowest BCUT2D eigenvalue weighted by molar-refractivity contribution is 0.669. The second kappa shape index (κ2) is 9.59. The van der Waals surface area contributed by atoms with Crippen molar-refractivity contribution in [3.8, 4) is 11.1 Å². The van der Waals surface area contributed by atoms with E-state index in [4.69, 9.17) is 4.42 Å². The first kappa shape index (κ1) is 24.2. The summed E-state index contributed by atoms with van der Waals surface area (Å²) in [6.07, 6.45) is 0. The molecule has 0 unspecified atom stereocenters. The van der Waals surface area contributed by atoms with Gasteiger partial charge >= 0.3 is 0 Å². The summed E-state index contributed by atoms with van der Waals surface area (Å²) in [5.74, 6) is 0. The number of fused-ring (bicyclic) bond motifs is 8. The van der Waals surface area contributed by atoms with E-state index in [-0.39, 0.29) is 0 Å². The van der Waals surface area contributed by atoms with Crippen LogP contribution >= 0.6 is 11.3 Å². The van der Waals surface area contributed by atoms with Crippen molar-refractivity contribution < 1.29 is 4.42 Å². The minimum atomic E-state index is 0.913. The van der Waals surface area contributed by atoms with Crippen LogP contribution in [0.5, 0.6) is 0 Å². The van der Waals surface area contributed by atoms with Crippen LogP contribution in [0.2, 0.25) is 0 Å². The number of hydrogen-bond donors (Lipinski definition) is 0. The third-order valence-corrected chi connectivity index (χ3v) is 9.61. The van der Waals surface area contributed by atoms with E-state index < -0.39 is 0 Å². The Hall–Kier alpha value is -5.38. The van der Waals surface area contributed by atoms with Crippen LogP contribution in [0.25, 0.3) is 64.0 Å². The molecule has 0 aliphatic carbocycles. The number of rotatable bonds is 4. The number of benzene rings is 7. The van der Waals surface area contributed by atoms with Gasteiger partial charge in [0.2, 0.25) is 0 Å². The number of hydrogen-bond acceptors (Lipinski definition) is 3. The highest BCUT2D eigenvalue weighted by Crippen LogP contribution is 2.47. The molecule has 0 spiro atoms. The molecule has 0 radical (unpaired) electrons. The van der Waals surface area contributed by atoms with Crippen molar-refractivity contribution in [1.82, 2.24) is 0 Å². The van der Waals surface area contributed by atoms with Crippen LogP contribution in [0.4, 0.5) is 17.1 Å². The molecule has 0 atom stereocenters. The van der Waals surface area contributed by atoms with Crippen molar-refractivity contribution in [3.63, 3.8) is 0 Å². The first-order valence-electron chi connectivity index (χ1n) is 14.5. The van der Waals surface area contributed by atoms with Gasteiger partial charge in [0, 0.05) is 42.0 Å². The molecule has 0 bridgehead atoms. The number of thiophene rings is 1. The topological polar surface area (TPSA) is 16.4 Å². The lowest BCUT2D eigenvalue weighted by Gasteiger charge is -2.28. The van der Waals surface area contributed by atoms with Gasteiger partial charge in [-0.3, -0.25) is 0 Å². The molecule has 0 N–H and O–H groups in total. The molecule has 0 saturated carbocycles. The van der Waals surface area contributed by atoms with E-state index in [0.29, 0.717) is 0 Å². The van der Waals surface area contributed by atoms with E-state index in [1.807, 2.05) is 23.5 Å². The molecule has 2 heterocycles. The van der Waals surface area contributed by atoms with Gasteiger partial charge < -0.3 is 9.32 Å². The maximum absolute atomic E-state index is 6.27. The molecule has 202 valence electrons. The fourth-order valence-corrected chi connectivity index (χ4v) is 7.67. The van der Waals surface area contributed by atoms with E-state index in [9.17, 15) is 0 Å². The fourth-order valence-electron chi connectivity index (χ4n) is 6.54. The normalized spacial score (nSPS) is 11.7. The second-order valence-corrected chi connectivity index (χ2v) is 12.0. The number of anilines is 3. The Balaban J connectivity index is 1.34. The summed E-state index contributed by atoms with van der Waals surface area (Å²) in [5.41, 5.74) is 7.67. The first-order chi connectivity index (χ1) is 21.3. The summed E-state index contributed by atoms with van der Waals surface area (Å²) in [7, 11) is 0. The smallest absolute Gasteiger partial charge is 0.136 e. The molecular formula is C40H25NOS. The Kier molecular flexibility index (Phi) is 5.40. The molecule has 2 nitrogen and oxygen atoms in total. The third-order valence-electron chi connectivity index (χ3n) is 8.47. The van der Waals surface area contributed by atoms with Crippen LogP contribution in [0, 0.1) is 0 Å². The van der Waals surface area contributed by atoms with Crippen molar-refractivity contribution in [2.24, 2.45) is 0 Å². The van der Waals surface area contributed by atoms with Crippen LogP contribution < -0.4 is 4.90 Å². The average molecular weight is 568 g/mol. The van der Waals surface area contributed by atoms with E-state index >= 15 is 0 Å². The van der Waals surface area contributed by atoms with Gasteiger partial charge in [-0.25, -0.2) is 0 Å². The second-order valence-electron chi connectivity index (χ2n) is 10.9. The molecule has 0 saturated heterocycles. The quantitative estimate of drug-likeness (QED) is 0.210. The Morgan fingerprint density at radius 1 is 0.395 bits per heavy atom. The van der Waals surface area contributed by atoms with Gasteiger partial charge in [0.25, 0.3) is 0 Å². The maximum Gasteiger partial charge on any atom is 0.136 e. The third kappa shape index (κ3) is 3.79. The highest BCUT2D eigenvalue weighted by atomic mass is 32.1. The average Bonchev–Trinajstić information content (AvgIpc) is 3.65. The molecule has 7 aromatic carbocycles. The van der Waals surface area contributed by atoms with Crippen LogP contribution in [-0.4, -0.2) is 0 Å². The van der Waals surface area contributed by atoms with E-state index in [0.717, 1.165) is 33.3 Å². The summed E-state index contributed by atoms with van der Waals surface area (Å²) in [5, 5.41) is 7.24. The SMILES string of the molecule is c1ccc(-c2ccc(N(c3cccc4c3ccc3oc5ccccc5c34)c3cccc4sc5ccccc5c34)cc2)cc1. The van der Waals surface area contributed by atoms with E-state index in [1.165, 1.54) is 47.8 Å². The zero-order valence-electron chi connectivity index (χ0n) is 23.2. The van der Waals surface area contributed by atoms with Gasteiger partial charge in [0.05, 0.1) is 11.4 Å². The highest BCUT2D eigenvalue weighted by Gasteiger charge is 2.21. The minimum absolute atomic E-state index is 0.913. The summed E-state index contributed by atoms with van der Waals surface area (Å²) >= 11 is 1.85. The largest absolute Gasteiger partial charge is 0.456 e. The molecule has 9 aromatic rings. The van der Waals surface area contributed by atoms with E-state index in [2.05, 4.69) is 144 Å². The molecule has 0 aliphatic rings. The summed E-state index contributed by atoms with van der Waals surface area (Å²) in [4.78, 5) is 2.44. The van der Waals surface area contributed by atoms with Crippen LogP contribution in [0.15, 0.2) is 156 Å². The standard InChI is InChI=1S/C40H25NOS/c1-2-10-26(11-3-1)27-20-22-28(23-21-27)41(34-16-9-19-38-40(34)32-13-5-7-18-37(32)43-38)33-15-8-14-30-29(33)24-25-36-39(30)31-12-4-6-17-35(31)42-36/h1-25H. The van der Waals surface area contributed by atoms with Gasteiger partial charge in [-0.05, 0) is 71.1 Å². The molecule has 0 aliphatic heterocycles. The van der Waals surface area contributed by atoms with Crippen LogP contribution in [0.3, 0.4) is 0 Å². The molecule has 2 aromatic heterocycles. The molecular weight excluding hydrogens is 543 g/mol. The Bertz CT molecular complexity index is 2450. The van der Waals surface area contributed by atoms with Gasteiger partial charge in [-0.2, -0.15) is 0 Å². The summed E-state index contributed by atoms with van der Waals surface area (Å²) in [6.45, 7) is 0. The van der Waals surface area contributed by atoms with Gasteiger partial charge in [-0.1, -0.05) is 97.1 Å². The highest BCUT2D eigenvalue weighted by molar-refractivity contribution is 7.26. The number of para-hydroxylation sites is 1. The molecule has 0 amide bonds. The van der Waals surface area contributed by atoms with Crippen LogP contribution in [-0.2, 0) is 0 Å². The van der Waals surface area contributed by atoms with Crippen LogP contribution in [0.1, 0.15) is 0 Å². The Morgan fingerprint density at radius 3 is 1.95 bits per heavy atom. The van der Waals surface area contributed by atoms with Crippen molar-refractivity contribution >= 4 is 81.3 Å². The van der Waals surface area contributed by atoms with E-state index in [1.54, 1.807) is 0 Å². The Labute approximate surface area is 252 Å². The lowest BCUT2D eigenvalue weighted by atomic mass is 10.00. The summed E-state index contributed by atoms with van der Waals surface area (Å²) < 4.78 is 8.85. The predicted octanol–water partition coefficient (Wildman–Crippen LogP) is 12.2. The maximum atomic E-state index is 6.27. The monoisotopic (exact) mass is 567 g/mol. The molecule has 0 fully saturated rings. The molecule has 43 heavy (non-hydrogen) atoms. The van der Waals surface area contributed by atoms with Gasteiger partial charge in [-0.15, -0.1) is 11.3 Å². The van der Waals surface area contributed by atoms with Gasteiger partial charge in [0.1, 0.15) is 11.2 Å². The zero-order valence-corrected chi connectivity index (χ0v) is 24.0.